The van der Waals surface area contributed by atoms with Gasteiger partial charge in [0.15, 0.2) is 0 Å². The Bertz CT molecular complexity index is 494. The number of ether oxygens (including phenoxy) is 1. The summed E-state index contributed by atoms with van der Waals surface area (Å²) >= 11 is 5.99. The van der Waals surface area contributed by atoms with E-state index in [1.165, 1.54) is 5.56 Å². The maximum atomic E-state index is 12.1. The van der Waals surface area contributed by atoms with Crippen LogP contribution in [0.15, 0.2) is 24.3 Å². The summed E-state index contributed by atoms with van der Waals surface area (Å²) in [7, 11) is 0. The predicted octanol–water partition coefficient (Wildman–Crippen LogP) is 1.72. The summed E-state index contributed by atoms with van der Waals surface area (Å²) in [6.07, 6.45) is 1.86. The minimum absolute atomic E-state index is 0.0321. The summed E-state index contributed by atoms with van der Waals surface area (Å²) in [5, 5.41) is 7.01. The van der Waals surface area contributed by atoms with E-state index in [9.17, 15) is 4.79 Å². The van der Waals surface area contributed by atoms with Crippen LogP contribution < -0.4 is 10.6 Å². The standard InChI is InChI=1S/C16H21ClN2O2/c17-14-3-1-13(2-4-14)16(5-7-21-8-6-16)11-19-15(20)12-9-18-10-12/h1-4,12,18H,5-11H2,(H,19,20). The summed E-state index contributed by atoms with van der Waals surface area (Å²) in [6.45, 7) is 3.74. The molecule has 0 atom stereocenters. The Kier molecular flexibility index (Phi) is 4.48. The van der Waals surface area contributed by atoms with E-state index in [1.807, 2.05) is 12.1 Å². The molecule has 21 heavy (non-hydrogen) atoms. The number of hydrogen-bond donors (Lipinski definition) is 2. The normalized spacial score (nSPS) is 21.6. The molecule has 0 saturated carbocycles. The smallest absolute Gasteiger partial charge is 0.225 e. The van der Waals surface area contributed by atoms with Gasteiger partial charge in [-0.3, -0.25) is 4.79 Å². The lowest BCUT2D eigenvalue weighted by Gasteiger charge is -2.38. The lowest BCUT2D eigenvalue weighted by molar-refractivity contribution is -0.126. The third-order valence-electron chi connectivity index (χ3n) is 4.66. The Morgan fingerprint density at radius 3 is 2.52 bits per heavy atom. The topological polar surface area (TPSA) is 50.4 Å². The zero-order chi connectivity index (χ0) is 14.7. The number of carbonyl (C=O) groups excluding carboxylic acids is 1. The molecule has 2 N–H and O–H groups in total. The maximum absolute atomic E-state index is 12.1. The molecule has 0 aliphatic carbocycles. The fourth-order valence-corrected chi connectivity index (χ4v) is 3.13. The summed E-state index contributed by atoms with van der Waals surface area (Å²) < 4.78 is 5.51. The Hall–Kier alpha value is -1.10. The van der Waals surface area contributed by atoms with Crippen molar-refractivity contribution in [3.05, 3.63) is 34.9 Å². The molecule has 2 heterocycles. The van der Waals surface area contributed by atoms with E-state index >= 15 is 0 Å². The minimum Gasteiger partial charge on any atom is -0.381 e. The number of hydrogen-bond acceptors (Lipinski definition) is 3. The molecule has 2 fully saturated rings. The highest BCUT2D eigenvalue weighted by molar-refractivity contribution is 6.30. The lowest BCUT2D eigenvalue weighted by Crippen LogP contribution is -2.53. The number of halogens is 1. The average Bonchev–Trinajstić information content (AvgIpc) is 2.45. The van der Waals surface area contributed by atoms with Crippen molar-refractivity contribution in [2.24, 2.45) is 5.92 Å². The number of amides is 1. The molecule has 1 aromatic rings. The first-order valence-electron chi connectivity index (χ1n) is 7.52. The molecule has 1 amide bonds. The Labute approximate surface area is 130 Å². The van der Waals surface area contributed by atoms with Crippen LogP contribution >= 0.6 is 11.6 Å². The first-order chi connectivity index (χ1) is 10.2. The number of benzene rings is 1. The van der Waals surface area contributed by atoms with Crippen molar-refractivity contribution in [1.29, 1.82) is 0 Å². The van der Waals surface area contributed by atoms with Gasteiger partial charge in [0.25, 0.3) is 0 Å². The summed E-state index contributed by atoms with van der Waals surface area (Å²) in [4.78, 5) is 12.1. The fourth-order valence-electron chi connectivity index (χ4n) is 3.01. The number of carbonyl (C=O) groups is 1. The molecule has 0 spiro atoms. The second-order valence-corrected chi connectivity index (χ2v) is 6.41. The Balaban J connectivity index is 1.73. The minimum atomic E-state index is -0.0321. The Morgan fingerprint density at radius 2 is 1.95 bits per heavy atom. The molecule has 3 rings (SSSR count). The molecule has 4 nitrogen and oxygen atoms in total. The van der Waals surface area contributed by atoms with Crippen molar-refractivity contribution in [3.63, 3.8) is 0 Å². The van der Waals surface area contributed by atoms with Gasteiger partial charge in [-0.15, -0.1) is 0 Å². The van der Waals surface area contributed by atoms with Crippen LogP contribution in [0.3, 0.4) is 0 Å². The molecule has 0 aromatic heterocycles. The lowest BCUT2D eigenvalue weighted by atomic mass is 9.74. The van der Waals surface area contributed by atoms with Gasteiger partial charge < -0.3 is 15.4 Å². The third kappa shape index (κ3) is 3.23. The molecule has 114 valence electrons. The van der Waals surface area contributed by atoms with Crippen LogP contribution in [0.5, 0.6) is 0 Å². The molecule has 0 bridgehead atoms. The van der Waals surface area contributed by atoms with Gasteiger partial charge in [0.05, 0.1) is 5.92 Å². The average molecular weight is 309 g/mol. The van der Waals surface area contributed by atoms with Crippen LogP contribution in [-0.2, 0) is 14.9 Å². The summed E-state index contributed by atoms with van der Waals surface area (Å²) in [5.41, 5.74) is 1.21. The van der Waals surface area contributed by atoms with E-state index in [0.717, 1.165) is 44.2 Å². The van der Waals surface area contributed by atoms with Gasteiger partial charge in [0.2, 0.25) is 5.91 Å². The van der Waals surface area contributed by atoms with E-state index in [0.29, 0.717) is 6.54 Å². The van der Waals surface area contributed by atoms with Gasteiger partial charge in [-0.05, 0) is 30.5 Å². The highest BCUT2D eigenvalue weighted by Gasteiger charge is 2.36. The zero-order valence-corrected chi connectivity index (χ0v) is 12.8. The summed E-state index contributed by atoms with van der Waals surface area (Å²) in [6, 6.07) is 7.99. The Morgan fingerprint density at radius 1 is 1.29 bits per heavy atom. The van der Waals surface area contributed by atoms with Crippen LogP contribution in [0.2, 0.25) is 5.02 Å². The highest BCUT2D eigenvalue weighted by Crippen LogP contribution is 2.35. The van der Waals surface area contributed by atoms with Crippen LogP contribution in [0.25, 0.3) is 0 Å². The molecule has 2 saturated heterocycles. The van der Waals surface area contributed by atoms with Crippen molar-refractivity contribution >= 4 is 17.5 Å². The predicted molar refractivity (Wildman–Crippen MR) is 82.6 cm³/mol. The van der Waals surface area contributed by atoms with Crippen molar-refractivity contribution < 1.29 is 9.53 Å². The van der Waals surface area contributed by atoms with Crippen LogP contribution in [-0.4, -0.2) is 38.8 Å². The molecule has 2 aliphatic heterocycles. The monoisotopic (exact) mass is 308 g/mol. The zero-order valence-electron chi connectivity index (χ0n) is 12.0. The first kappa shape index (κ1) is 14.8. The fraction of sp³-hybridized carbons (Fsp3) is 0.562. The van der Waals surface area contributed by atoms with Crippen LogP contribution in [0, 0.1) is 5.92 Å². The van der Waals surface area contributed by atoms with Crippen molar-refractivity contribution in [1.82, 2.24) is 10.6 Å². The van der Waals surface area contributed by atoms with Crippen molar-refractivity contribution in [2.45, 2.75) is 18.3 Å². The van der Waals surface area contributed by atoms with Crippen molar-refractivity contribution in [2.75, 3.05) is 32.8 Å². The molecular weight excluding hydrogens is 288 g/mol. The molecular formula is C16H21ClN2O2. The second kappa shape index (κ2) is 6.34. The highest BCUT2D eigenvalue weighted by atomic mass is 35.5. The van der Waals surface area contributed by atoms with Gasteiger partial charge in [-0.25, -0.2) is 0 Å². The van der Waals surface area contributed by atoms with Gasteiger partial charge in [-0.2, -0.15) is 0 Å². The van der Waals surface area contributed by atoms with E-state index in [-0.39, 0.29) is 17.2 Å². The van der Waals surface area contributed by atoms with Crippen LogP contribution in [0.4, 0.5) is 0 Å². The molecule has 0 unspecified atom stereocenters. The molecule has 1 aromatic carbocycles. The van der Waals surface area contributed by atoms with E-state index in [1.54, 1.807) is 0 Å². The van der Waals surface area contributed by atoms with Gasteiger partial charge >= 0.3 is 0 Å². The van der Waals surface area contributed by atoms with Crippen molar-refractivity contribution in [3.8, 4) is 0 Å². The van der Waals surface area contributed by atoms with E-state index in [2.05, 4.69) is 22.8 Å². The quantitative estimate of drug-likeness (QED) is 0.890. The SMILES string of the molecule is O=C(NCC1(c2ccc(Cl)cc2)CCOCC1)C1CNC1. The first-order valence-corrected chi connectivity index (χ1v) is 7.90. The second-order valence-electron chi connectivity index (χ2n) is 5.97. The van der Waals surface area contributed by atoms with Crippen LogP contribution in [0.1, 0.15) is 18.4 Å². The molecule has 2 aliphatic rings. The van der Waals surface area contributed by atoms with Gasteiger partial charge in [0, 0.05) is 43.3 Å². The van der Waals surface area contributed by atoms with E-state index < -0.39 is 0 Å². The van der Waals surface area contributed by atoms with E-state index in [4.69, 9.17) is 16.3 Å². The maximum Gasteiger partial charge on any atom is 0.225 e. The molecule has 0 radical (unpaired) electrons. The number of nitrogens with one attached hydrogen (secondary N) is 2. The molecule has 5 heteroatoms. The number of rotatable bonds is 4. The summed E-state index contributed by atoms with van der Waals surface area (Å²) in [5.74, 6) is 0.292. The largest absolute Gasteiger partial charge is 0.381 e. The van der Waals surface area contributed by atoms with Gasteiger partial charge in [-0.1, -0.05) is 23.7 Å². The van der Waals surface area contributed by atoms with Gasteiger partial charge in [0.1, 0.15) is 0 Å². The third-order valence-corrected chi connectivity index (χ3v) is 4.91.